The number of nitrogens with zero attached hydrogens (tertiary/aromatic N) is 3. The van der Waals surface area contributed by atoms with E-state index < -0.39 is 0 Å². The lowest BCUT2D eigenvalue weighted by molar-refractivity contribution is 0.0952. The summed E-state index contributed by atoms with van der Waals surface area (Å²) in [4.78, 5) is 17.2. The third-order valence-electron chi connectivity index (χ3n) is 5.11. The maximum Gasteiger partial charge on any atom is 0.251 e. The lowest BCUT2D eigenvalue weighted by Gasteiger charge is -2.11. The molecular formula is C25H22N4O. The average molecular weight is 394 g/mol. The smallest absolute Gasteiger partial charge is 0.251 e. The number of para-hydroxylation sites is 2. The van der Waals surface area contributed by atoms with Crippen molar-refractivity contribution < 1.29 is 4.79 Å². The second-order valence-electron chi connectivity index (χ2n) is 7.10. The number of hydrogen-bond acceptors (Lipinski definition) is 3. The van der Waals surface area contributed by atoms with Gasteiger partial charge in [0.05, 0.1) is 22.7 Å². The summed E-state index contributed by atoms with van der Waals surface area (Å²) in [6, 6.07) is 27.2. The van der Waals surface area contributed by atoms with Gasteiger partial charge in [-0.05, 0) is 48.4 Å². The SMILES string of the molecule is N#Cc1ccc(C(=O)NCCn2c(CCc3ccccc3)nc3ccccc32)cc1. The summed E-state index contributed by atoms with van der Waals surface area (Å²) in [5.41, 5.74) is 4.42. The van der Waals surface area contributed by atoms with Crippen molar-refractivity contribution in [2.24, 2.45) is 0 Å². The summed E-state index contributed by atoms with van der Waals surface area (Å²) in [6.45, 7) is 1.14. The standard InChI is InChI=1S/C25H22N4O/c26-18-20-10-13-21(14-11-20)25(30)27-16-17-29-23-9-5-4-8-22(23)28-24(29)15-12-19-6-2-1-3-7-19/h1-11,13-14H,12,15-17H2,(H,27,30). The number of fused-ring (bicyclic) bond motifs is 1. The second-order valence-corrected chi connectivity index (χ2v) is 7.10. The molecule has 3 aromatic carbocycles. The van der Waals surface area contributed by atoms with Gasteiger partial charge in [0, 0.05) is 25.1 Å². The molecule has 0 saturated carbocycles. The first-order valence-electron chi connectivity index (χ1n) is 10.0. The first kappa shape index (κ1) is 19.4. The van der Waals surface area contributed by atoms with Crippen molar-refractivity contribution in [2.45, 2.75) is 19.4 Å². The highest BCUT2D eigenvalue weighted by atomic mass is 16.1. The molecule has 4 rings (SSSR count). The molecule has 0 spiro atoms. The zero-order chi connectivity index (χ0) is 20.8. The van der Waals surface area contributed by atoms with Crippen LogP contribution in [0.5, 0.6) is 0 Å². The van der Waals surface area contributed by atoms with Crippen molar-refractivity contribution in [1.29, 1.82) is 5.26 Å². The number of aromatic nitrogens is 2. The first-order chi connectivity index (χ1) is 14.7. The minimum absolute atomic E-state index is 0.144. The van der Waals surface area contributed by atoms with Gasteiger partial charge in [0.1, 0.15) is 5.82 Å². The van der Waals surface area contributed by atoms with Crippen LogP contribution in [0, 0.1) is 11.3 Å². The van der Waals surface area contributed by atoms with Gasteiger partial charge in [0.2, 0.25) is 0 Å². The number of carbonyl (C=O) groups excluding carboxylic acids is 1. The number of nitrogens with one attached hydrogen (secondary N) is 1. The summed E-state index contributed by atoms with van der Waals surface area (Å²) in [6.07, 6.45) is 1.75. The van der Waals surface area contributed by atoms with Crippen LogP contribution in [-0.2, 0) is 19.4 Å². The number of hydrogen-bond donors (Lipinski definition) is 1. The summed E-state index contributed by atoms with van der Waals surface area (Å²) in [7, 11) is 0. The normalized spacial score (nSPS) is 10.6. The van der Waals surface area contributed by atoms with Crippen LogP contribution in [0.25, 0.3) is 11.0 Å². The van der Waals surface area contributed by atoms with Gasteiger partial charge in [-0.1, -0.05) is 42.5 Å². The molecule has 0 aliphatic carbocycles. The molecule has 1 N–H and O–H groups in total. The molecule has 0 unspecified atom stereocenters. The summed E-state index contributed by atoms with van der Waals surface area (Å²) < 4.78 is 2.19. The van der Waals surface area contributed by atoms with Crippen LogP contribution in [0.3, 0.4) is 0 Å². The predicted molar refractivity (Wildman–Crippen MR) is 117 cm³/mol. The van der Waals surface area contributed by atoms with E-state index in [1.165, 1.54) is 5.56 Å². The van der Waals surface area contributed by atoms with Gasteiger partial charge in [-0.15, -0.1) is 0 Å². The number of carbonyl (C=O) groups is 1. The second kappa shape index (κ2) is 9.06. The lowest BCUT2D eigenvalue weighted by atomic mass is 10.1. The molecular weight excluding hydrogens is 372 g/mol. The summed E-state index contributed by atoms with van der Waals surface area (Å²) in [5, 5.41) is 11.9. The Labute approximate surface area is 175 Å². The molecule has 30 heavy (non-hydrogen) atoms. The highest BCUT2D eigenvalue weighted by Crippen LogP contribution is 2.17. The zero-order valence-electron chi connectivity index (χ0n) is 16.6. The van der Waals surface area contributed by atoms with Gasteiger partial charge in [-0.3, -0.25) is 4.79 Å². The predicted octanol–water partition coefficient (Wildman–Crippen LogP) is 4.12. The Morgan fingerprint density at radius 3 is 2.43 bits per heavy atom. The van der Waals surface area contributed by atoms with Gasteiger partial charge in [-0.25, -0.2) is 4.98 Å². The molecule has 1 amide bonds. The Morgan fingerprint density at radius 1 is 0.933 bits per heavy atom. The number of benzene rings is 3. The lowest BCUT2D eigenvalue weighted by Crippen LogP contribution is -2.27. The van der Waals surface area contributed by atoms with E-state index in [0.717, 1.165) is 29.7 Å². The van der Waals surface area contributed by atoms with E-state index in [-0.39, 0.29) is 5.91 Å². The monoisotopic (exact) mass is 394 g/mol. The molecule has 5 heteroatoms. The van der Waals surface area contributed by atoms with Crippen LogP contribution in [0.4, 0.5) is 0 Å². The maximum absolute atomic E-state index is 12.4. The van der Waals surface area contributed by atoms with E-state index >= 15 is 0 Å². The summed E-state index contributed by atoms with van der Waals surface area (Å²) in [5.74, 6) is 0.877. The quantitative estimate of drug-likeness (QED) is 0.512. The molecule has 0 bridgehead atoms. The van der Waals surface area contributed by atoms with Crippen LogP contribution < -0.4 is 5.32 Å². The molecule has 5 nitrogen and oxygen atoms in total. The molecule has 0 aliphatic heterocycles. The van der Waals surface area contributed by atoms with Crippen molar-refractivity contribution in [3.63, 3.8) is 0 Å². The fraction of sp³-hybridized carbons (Fsp3) is 0.160. The average Bonchev–Trinajstić information content (AvgIpc) is 3.16. The van der Waals surface area contributed by atoms with E-state index in [1.807, 2.05) is 24.3 Å². The van der Waals surface area contributed by atoms with Gasteiger partial charge in [0.25, 0.3) is 5.91 Å². The molecule has 1 heterocycles. The van der Waals surface area contributed by atoms with Crippen LogP contribution in [0.2, 0.25) is 0 Å². The van der Waals surface area contributed by atoms with E-state index in [9.17, 15) is 4.79 Å². The minimum Gasteiger partial charge on any atom is -0.350 e. The number of nitriles is 1. The fourth-order valence-electron chi connectivity index (χ4n) is 3.55. The molecule has 0 radical (unpaired) electrons. The third kappa shape index (κ3) is 4.39. The zero-order valence-corrected chi connectivity index (χ0v) is 16.6. The summed E-state index contributed by atoms with van der Waals surface area (Å²) >= 11 is 0. The van der Waals surface area contributed by atoms with Crippen molar-refractivity contribution in [3.05, 3.63) is 101 Å². The van der Waals surface area contributed by atoms with Gasteiger partial charge >= 0.3 is 0 Å². The van der Waals surface area contributed by atoms with E-state index in [0.29, 0.717) is 24.2 Å². The fourth-order valence-corrected chi connectivity index (χ4v) is 3.55. The van der Waals surface area contributed by atoms with E-state index in [4.69, 9.17) is 10.2 Å². The van der Waals surface area contributed by atoms with Crippen LogP contribution in [0.1, 0.15) is 27.3 Å². The van der Waals surface area contributed by atoms with Gasteiger partial charge < -0.3 is 9.88 Å². The van der Waals surface area contributed by atoms with Crippen molar-refractivity contribution in [2.75, 3.05) is 6.54 Å². The highest BCUT2D eigenvalue weighted by Gasteiger charge is 2.11. The minimum atomic E-state index is -0.144. The molecule has 4 aromatic rings. The molecule has 148 valence electrons. The Kier molecular flexibility index (Phi) is 5.86. The third-order valence-corrected chi connectivity index (χ3v) is 5.11. The molecule has 0 atom stereocenters. The van der Waals surface area contributed by atoms with Gasteiger partial charge in [-0.2, -0.15) is 5.26 Å². The molecule has 1 aromatic heterocycles. The molecule has 0 aliphatic rings. The maximum atomic E-state index is 12.4. The topological polar surface area (TPSA) is 70.7 Å². The van der Waals surface area contributed by atoms with Crippen LogP contribution >= 0.6 is 0 Å². The Morgan fingerprint density at radius 2 is 1.67 bits per heavy atom. The number of aryl methyl sites for hydroxylation is 2. The number of rotatable bonds is 7. The van der Waals surface area contributed by atoms with Crippen molar-refractivity contribution in [1.82, 2.24) is 14.9 Å². The Hall–Kier alpha value is -3.91. The molecule has 0 fully saturated rings. The highest BCUT2D eigenvalue weighted by molar-refractivity contribution is 5.94. The van der Waals surface area contributed by atoms with Crippen molar-refractivity contribution in [3.8, 4) is 6.07 Å². The number of imidazole rings is 1. The Bertz CT molecular complexity index is 1190. The van der Waals surface area contributed by atoms with Gasteiger partial charge in [0.15, 0.2) is 0 Å². The van der Waals surface area contributed by atoms with E-state index in [1.54, 1.807) is 24.3 Å². The van der Waals surface area contributed by atoms with Crippen LogP contribution in [-0.4, -0.2) is 22.0 Å². The van der Waals surface area contributed by atoms with Crippen LogP contribution in [0.15, 0.2) is 78.9 Å². The number of amides is 1. The first-order valence-corrected chi connectivity index (χ1v) is 10.0. The largest absolute Gasteiger partial charge is 0.350 e. The molecule has 0 saturated heterocycles. The van der Waals surface area contributed by atoms with Crippen molar-refractivity contribution >= 4 is 16.9 Å². The Balaban J connectivity index is 1.45. The van der Waals surface area contributed by atoms with E-state index in [2.05, 4.69) is 46.3 Å².